The molecule has 0 spiro atoms. The molecule has 1 saturated heterocycles. The van der Waals surface area contributed by atoms with E-state index < -0.39 is 10.7 Å². The van der Waals surface area contributed by atoms with E-state index in [-0.39, 0.29) is 40.2 Å². The van der Waals surface area contributed by atoms with Crippen LogP contribution in [-0.2, 0) is 13.1 Å². The summed E-state index contributed by atoms with van der Waals surface area (Å²) < 4.78 is 33.6. The highest BCUT2D eigenvalue weighted by molar-refractivity contribution is 5.89. The van der Waals surface area contributed by atoms with Crippen LogP contribution in [0.2, 0.25) is 0 Å². The highest BCUT2D eigenvalue weighted by atomic mass is 19.1. The molecule has 13 heteroatoms. The predicted molar refractivity (Wildman–Crippen MR) is 161 cm³/mol. The number of rotatable bonds is 9. The summed E-state index contributed by atoms with van der Waals surface area (Å²) in [6, 6.07) is 8.10. The van der Waals surface area contributed by atoms with Crippen LogP contribution in [0.3, 0.4) is 0 Å². The van der Waals surface area contributed by atoms with Gasteiger partial charge in [-0.3, -0.25) is 9.69 Å². The summed E-state index contributed by atoms with van der Waals surface area (Å²) in [5, 5.41) is 11.4. The van der Waals surface area contributed by atoms with Crippen LogP contribution in [0.4, 0.5) is 15.9 Å². The number of methoxy groups -OCH3 is 2. The van der Waals surface area contributed by atoms with Gasteiger partial charge in [0.1, 0.15) is 6.61 Å². The van der Waals surface area contributed by atoms with E-state index in [0.29, 0.717) is 43.2 Å². The fourth-order valence-electron chi connectivity index (χ4n) is 6.15. The molecule has 3 aromatic heterocycles. The molecular weight excluding hydrogens is 571 g/mol. The molecule has 12 nitrogen and oxygen atoms in total. The van der Waals surface area contributed by atoms with Gasteiger partial charge in [-0.2, -0.15) is 0 Å². The molecule has 2 aliphatic heterocycles. The van der Waals surface area contributed by atoms with Crippen molar-refractivity contribution >= 4 is 22.4 Å². The molecule has 1 fully saturated rings. The van der Waals surface area contributed by atoms with Crippen LogP contribution in [0.25, 0.3) is 10.9 Å². The zero-order valence-corrected chi connectivity index (χ0v) is 24.7. The van der Waals surface area contributed by atoms with Crippen molar-refractivity contribution in [3.05, 3.63) is 86.2 Å². The lowest BCUT2D eigenvalue weighted by Crippen LogP contribution is -2.48. The van der Waals surface area contributed by atoms with Crippen molar-refractivity contribution < 1.29 is 23.5 Å². The van der Waals surface area contributed by atoms with E-state index in [9.17, 15) is 14.9 Å². The third kappa shape index (κ3) is 5.50. The van der Waals surface area contributed by atoms with Crippen molar-refractivity contribution in [1.82, 2.24) is 19.4 Å². The fraction of sp³-hybridized carbons (Fsp3) is 0.387. The molecule has 2 aliphatic rings. The van der Waals surface area contributed by atoms with E-state index in [4.69, 9.17) is 14.2 Å². The number of nitro groups is 1. The SMILES string of the molecule is COc1cc(CN(Cc2cn3c4c(c(OC)c(F)cc4c2=O)OCC3C)[C@H]2CCCN(c3ccc([N+](=O)[O-])nc3)C2)ccn1. The number of anilines is 1. The summed E-state index contributed by atoms with van der Waals surface area (Å²) in [6.45, 7) is 4.53. The van der Waals surface area contributed by atoms with E-state index in [1.807, 2.05) is 29.8 Å². The number of benzene rings is 1. The minimum atomic E-state index is -0.647. The van der Waals surface area contributed by atoms with Gasteiger partial charge in [-0.15, -0.1) is 0 Å². The van der Waals surface area contributed by atoms with Gasteiger partial charge in [0.25, 0.3) is 0 Å². The zero-order valence-electron chi connectivity index (χ0n) is 24.7. The van der Waals surface area contributed by atoms with Gasteiger partial charge in [0.2, 0.25) is 5.88 Å². The Labute approximate surface area is 252 Å². The van der Waals surface area contributed by atoms with Crippen molar-refractivity contribution in [2.24, 2.45) is 0 Å². The largest absolute Gasteiger partial charge is 0.490 e. The molecule has 1 unspecified atom stereocenters. The average molecular weight is 605 g/mol. The van der Waals surface area contributed by atoms with Crippen LogP contribution in [0.5, 0.6) is 17.4 Å². The van der Waals surface area contributed by atoms with Crippen LogP contribution in [-0.4, -0.2) is 64.3 Å². The van der Waals surface area contributed by atoms with Gasteiger partial charge in [-0.1, -0.05) is 0 Å². The molecule has 1 aromatic carbocycles. The summed E-state index contributed by atoms with van der Waals surface area (Å²) in [4.78, 5) is 37.2. The third-order valence-corrected chi connectivity index (χ3v) is 8.37. The molecule has 0 bridgehead atoms. The number of hydrogen-bond acceptors (Lipinski definition) is 10. The Kier molecular flexibility index (Phi) is 8.04. The first kappa shape index (κ1) is 29.3. The minimum Gasteiger partial charge on any atom is -0.490 e. The van der Waals surface area contributed by atoms with Gasteiger partial charge in [0, 0.05) is 62.3 Å². The van der Waals surface area contributed by atoms with Crippen molar-refractivity contribution in [2.75, 3.05) is 38.8 Å². The number of piperidine rings is 1. The number of ether oxygens (including phenoxy) is 3. The minimum absolute atomic E-state index is 0.0124. The van der Waals surface area contributed by atoms with E-state index in [1.54, 1.807) is 19.4 Å². The Hall–Kier alpha value is -4.78. The smallest absolute Gasteiger partial charge is 0.363 e. The molecule has 0 aliphatic carbocycles. The van der Waals surface area contributed by atoms with Crippen LogP contribution >= 0.6 is 0 Å². The summed E-state index contributed by atoms with van der Waals surface area (Å²) in [5.41, 5.74) is 2.56. The van der Waals surface area contributed by atoms with Gasteiger partial charge in [0.15, 0.2) is 28.9 Å². The predicted octanol–water partition coefficient (Wildman–Crippen LogP) is 4.48. The Morgan fingerprint density at radius 1 is 1.18 bits per heavy atom. The molecule has 5 heterocycles. The number of aromatic nitrogens is 3. The Bertz CT molecular complexity index is 1760. The summed E-state index contributed by atoms with van der Waals surface area (Å²) in [6.07, 6.45) is 6.84. The first-order valence-electron chi connectivity index (χ1n) is 14.4. The maximum Gasteiger partial charge on any atom is 0.363 e. The number of hydrogen-bond donors (Lipinski definition) is 0. The van der Waals surface area contributed by atoms with Gasteiger partial charge < -0.3 is 33.8 Å². The number of halogens is 1. The number of nitrogens with zero attached hydrogens (tertiary/aromatic N) is 6. The molecular formula is C31H33FN6O6. The van der Waals surface area contributed by atoms with Crippen molar-refractivity contribution in [2.45, 2.75) is 44.9 Å². The molecule has 0 radical (unpaired) electrons. The molecule has 2 atom stereocenters. The second kappa shape index (κ2) is 12.1. The van der Waals surface area contributed by atoms with E-state index >= 15 is 4.39 Å². The highest BCUT2D eigenvalue weighted by Crippen LogP contribution is 2.41. The van der Waals surface area contributed by atoms with Gasteiger partial charge in [0.05, 0.1) is 36.9 Å². The average Bonchev–Trinajstić information content (AvgIpc) is 3.04. The van der Waals surface area contributed by atoms with Gasteiger partial charge in [-0.05, 0) is 53.4 Å². The van der Waals surface area contributed by atoms with Crippen molar-refractivity contribution in [3.63, 3.8) is 0 Å². The number of pyridine rings is 3. The highest BCUT2D eigenvalue weighted by Gasteiger charge is 2.30. The summed E-state index contributed by atoms with van der Waals surface area (Å²) in [7, 11) is 2.95. The molecule has 4 aromatic rings. The Morgan fingerprint density at radius 3 is 2.75 bits per heavy atom. The maximum absolute atomic E-state index is 15.1. The maximum atomic E-state index is 15.1. The zero-order chi connectivity index (χ0) is 31.0. The van der Waals surface area contributed by atoms with Gasteiger partial charge >= 0.3 is 5.82 Å². The molecule has 0 saturated carbocycles. The van der Waals surface area contributed by atoms with Crippen LogP contribution in [0.1, 0.15) is 36.9 Å². The topological polar surface area (TPSA) is 125 Å². The fourth-order valence-corrected chi connectivity index (χ4v) is 6.15. The third-order valence-electron chi connectivity index (χ3n) is 8.37. The molecule has 44 heavy (non-hydrogen) atoms. The normalized spacial score (nSPS) is 17.9. The Morgan fingerprint density at radius 2 is 2.02 bits per heavy atom. The molecule has 0 amide bonds. The van der Waals surface area contributed by atoms with Crippen molar-refractivity contribution in [1.29, 1.82) is 0 Å². The lowest BCUT2D eigenvalue weighted by atomic mass is 10.0. The second-order valence-corrected chi connectivity index (χ2v) is 11.2. The molecule has 6 rings (SSSR count). The summed E-state index contributed by atoms with van der Waals surface area (Å²) >= 11 is 0. The van der Waals surface area contributed by atoms with Crippen LogP contribution in [0.15, 0.2) is 53.7 Å². The van der Waals surface area contributed by atoms with Crippen LogP contribution < -0.4 is 24.5 Å². The quantitative estimate of drug-likeness (QED) is 0.199. The Balaban J connectivity index is 1.38. The lowest BCUT2D eigenvalue weighted by molar-refractivity contribution is -0.389. The standard InChI is InChI=1S/C31H33FN6O6/c1-19-18-44-31-28-24(12-25(32)30(31)43-3)29(39)21(16-37(19)28)15-36(14-20-8-9-33-27(11-20)42-2)23-5-4-10-35(17-23)22-6-7-26(34-13-22)38(40)41/h6-9,11-13,16,19,23H,4-5,10,14-15,17-18H2,1-3H3/t19?,23-/m0/s1. The molecule has 0 N–H and O–H groups in total. The summed E-state index contributed by atoms with van der Waals surface area (Å²) in [5.74, 6) is -0.129. The van der Waals surface area contributed by atoms with E-state index in [1.165, 1.54) is 25.4 Å². The van der Waals surface area contributed by atoms with Crippen molar-refractivity contribution in [3.8, 4) is 17.4 Å². The molecule has 230 valence electrons. The van der Waals surface area contributed by atoms with E-state index in [2.05, 4.69) is 19.8 Å². The first-order chi connectivity index (χ1) is 21.3. The first-order valence-corrected chi connectivity index (χ1v) is 14.4. The van der Waals surface area contributed by atoms with E-state index in [0.717, 1.165) is 30.6 Å². The monoisotopic (exact) mass is 604 g/mol. The van der Waals surface area contributed by atoms with Crippen LogP contribution in [0, 0.1) is 15.9 Å². The van der Waals surface area contributed by atoms with Gasteiger partial charge in [-0.25, -0.2) is 9.37 Å². The lowest BCUT2D eigenvalue weighted by Gasteiger charge is -2.40. The second-order valence-electron chi connectivity index (χ2n) is 11.2.